The highest BCUT2D eigenvalue weighted by atomic mass is 32.2. The Balaban J connectivity index is 2.61. The van der Waals surface area contributed by atoms with E-state index in [0.717, 1.165) is 28.9 Å². The molecule has 0 spiro atoms. The predicted octanol–water partition coefficient (Wildman–Crippen LogP) is 2.52. The summed E-state index contributed by atoms with van der Waals surface area (Å²) < 4.78 is 0. The number of carbonyl (C=O) groups is 2. The minimum atomic E-state index is -0.0637. The lowest BCUT2D eigenvalue weighted by molar-refractivity contribution is 0.104. The maximum atomic E-state index is 11.6. The first kappa shape index (κ1) is 10.2. The van der Waals surface area contributed by atoms with Crippen molar-refractivity contribution in [2.75, 3.05) is 5.75 Å². The molecule has 0 atom stereocenters. The molecule has 1 aliphatic rings. The Hall–Kier alpha value is -1.35. The van der Waals surface area contributed by atoms with E-state index < -0.39 is 0 Å². The van der Waals surface area contributed by atoms with Gasteiger partial charge in [0.05, 0.1) is 0 Å². The number of benzene rings is 1. The fraction of sp³-hybridized carbons (Fsp3) is 0.167. The van der Waals surface area contributed by atoms with Crippen LogP contribution in [0.5, 0.6) is 0 Å². The van der Waals surface area contributed by atoms with Gasteiger partial charge in [-0.05, 0) is 30.2 Å². The Morgan fingerprint density at radius 2 is 2.27 bits per heavy atom. The quantitative estimate of drug-likeness (QED) is 0.444. The van der Waals surface area contributed by atoms with Crippen molar-refractivity contribution in [2.45, 2.75) is 11.3 Å². The van der Waals surface area contributed by atoms with Gasteiger partial charge in [0, 0.05) is 21.8 Å². The van der Waals surface area contributed by atoms with Gasteiger partial charge >= 0.3 is 0 Å². The van der Waals surface area contributed by atoms with E-state index in [-0.39, 0.29) is 5.78 Å². The normalized spacial score (nSPS) is 13.3. The van der Waals surface area contributed by atoms with Gasteiger partial charge in [-0.2, -0.15) is 0 Å². The molecule has 1 aromatic rings. The highest BCUT2D eigenvalue weighted by Crippen LogP contribution is 2.36. The number of ketones is 1. The number of aldehydes is 1. The van der Waals surface area contributed by atoms with Crippen LogP contribution in [-0.2, 0) is 6.42 Å². The van der Waals surface area contributed by atoms with E-state index in [1.54, 1.807) is 23.9 Å². The van der Waals surface area contributed by atoms with Crippen molar-refractivity contribution in [3.8, 4) is 0 Å². The second-order valence-corrected chi connectivity index (χ2v) is 4.40. The Bertz CT molecular complexity index is 449. The van der Waals surface area contributed by atoms with Crippen LogP contribution in [0.1, 0.15) is 26.3 Å². The first-order valence-electron chi connectivity index (χ1n) is 4.68. The molecule has 3 heteroatoms. The summed E-state index contributed by atoms with van der Waals surface area (Å²) in [5.41, 5.74) is 2.39. The molecule has 0 N–H and O–H groups in total. The van der Waals surface area contributed by atoms with E-state index in [4.69, 9.17) is 0 Å². The molecule has 0 radical (unpaired) electrons. The molecular weight excluding hydrogens is 208 g/mol. The zero-order valence-electron chi connectivity index (χ0n) is 8.16. The van der Waals surface area contributed by atoms with Crippen molar-refractivity contribution < 1.29 is 9.59 Å². The van der Waals surface area contributed by atoms with Gasteiger partial charge in [-0.3, -0.25) is 9.59 Å². The van der Waals surface area contributed by atoms with Gasteiger partial charge in [0.15, 0.2) is 12.1 Å². The maximum Gasteiger partial charge on any atom is 0.185 e. The Morgan fingerprint density at radius 3 is 2.93 bits per heavy atom. The van der Waals surface area contributed by atoms with Crippen LogP contribution in [0.3, 0.4) is 0 Å². The largest absolute Gasteiger partial charge is 0.298 e. The monoisotopic (exact) mass is 218 g/mol. The fourth-order valence-electron chi connectivity index (χ4n) is 1.75. The molecule has 0 saturated carbocycles. The van der Waals surface area contributed by atoms with Crippen molar-refractivity contribution in [3.63, 3.8) is 0 Å². The second-order valence-electron chi connectivity index (χ2n) is 3.29. The van der Waals surface area contributed by atoms with Crippen molar-refractivity contribution in [1.82, 2.24) is 0 Å². The van der Waals surface area contributed by atoms with Gasteiger partial charge < -0.3 is 0 Å². The van der Waals surface area contributed by atoms with Crippen molar-refractivity contribution in [2.24, 2.45) is 0 Å². The molecule has 0 aliphatic carbocycles. The molecule has 1 heterocycles. The Kier molecular flexibility index (Phi) is 2.73. The van der Waals surface area contributed by atoms with E-state index in [9.17, 15) is 9.59 Å². The van der Waals surface area contributed by atoms with Gasteiger partial charge in [0.2, 0.25) is 0 Å². The molecule has 76 valence electrons. The number of hydrogen-bond acceptors (Lipinski definition) is 3. The lowest BCUT2D eigenvalue weighted by Crippen LogP contribution is -2.01. The molecule has 0 unspecified atom stereocenters. The van der Waals surface area contributed by atoms with Crippen LogP contribution in [0, 0.1) is 0 Å². The maximum absolute atomic E-state index is 11.6. The van der Waals surface area contributed by atoms with Crippen LogP contribution in [0.4, 0.5) is 0 Å². The number of hydrogen-bond donors (Lipinski definition) is 0. The smallest absolute Gasteiger partial charge is 0.185 e. The second kappa shape index (κ2) is 4.03. The van der Waals surface area contributed by atoms with Crippen molar-refractivity contribution in [1.29, 1.82) is 0 Å². The molecule has 15 heavy (non-hydrogen) atoms. The van der Waals surface area contributed by atoms with Crippen LogP contribution < -0.4 is 0 Å². The molecule has 2 nitrogen and oxygen atoms in total. The average Bonchev–Trinajstić information content (AvgIpc) is 2.75. The summed E-state index contributed by atoms with van der Waals surface area (Å²) in [5.74, 6) is 0.878. The van der Waals surface area contributed by atoms with Crippen molar-refractivity contribution >= 4 is 23.8 Å². The van der Waals surface area contributed by atoms with E-state index in [0.29, 0.717) is 11.1 Å². The molecule has 0 saturated heterocycles. The Morgan fingerprint density at radius 1 is 1.47 bits per heavy atom. The van der Waals surface area contributed by atoms with Gasteiger partial charge in [0.1, 0.15) is 0 Å². The van der Waals surface area contributed by atoms with Crippen LogP contribution in [0.15, 0.2) is 29.7 Å². The fourth-order valence-corrected chi connectivity index (χ4v) is 2.93. The molecule has 1 aromatic carbocycles. The molecular formula is C12H10O2S. The van der Waals surface area contributed by atoms with Gasteiger partial charge in [-0.15, -0.1) is 11.8 Å². The highest BCUT2D eigenvalue weighted by Gasteiger charge is 2.20. The topological polar surface area (TPSA) is 34.1 Å². The third kappa shape index (κ3) is 1.63. The third-order valence-corrected chi connectivity index (χ3v) is 3.65. The first-order valence-corrected chi connectivity index (χ1v) is 5.67. The summed E-state index contributed by atoms with van der Waals surface area (Å²) in [5, 5.41) is 0. The number of fused-ring (bicyclic) bond motifs is 1. The summed E-state index contributed by atoms with van der Waals surface area (Å²) in [6.45, 7) is 3.48. The summed E-state index contributed by atoms with van der Waals surface area (Å²) in [7, 11) is 0. The summed E-state index contributed by atoms with van der Waals surface area (Å²) in [6, 6.07) is 3.43. The minimum Gasteiger partial charge on any atom is -0.298 e. The van der Waals surface area contributed by atoms with Crippen LogP contribution in [0.25, 0.3) is 0 Å². The third-order valence-electron chi connectivity index (χ3n) is 2.47. The van der Waals surface area contributed by atoms with E-state index >= 15 is 0 Å². The summed E-state index contributed by atoms with van der Waals surface area (Å²) in [4.78, 5) is 23.3. The molecule has 2 rings (SSSR count). The predicted molar refractivity (Wildman–Crippen MR) is 60.8 cm³/mol. The molecule has 0 fully saturated rings. The first-order chi connectivity index (χ1) is 7.27. The van der Waals surface area contributed by atoms with Crippen LogP contribution in [-0.4, -0.2) is 17.8 Å². The number of thioether (sulfide) groups is 1. The SMILES string of the molecule is C=CC(=O)c1ccc(C=O)c2c1CCS2. The zero-order valence-corrected chi connectivity index (χ0v) is 8.97. The average molecular weight is 218 g/mol. The van der Waals surface area contributed by atoms with Crippen LogP contribution >= 0.6 is 11.8 Å². The van der Waals surface area contributed by atoms with Gasteiger partial charge in [0.25, 0.3) is 0 Å². The van der Waals surface area contributed by atoms with E-state index in [1.165, 1.54) is 6.08 Å². The van der Waals surface area contributed by atoms with Crippen LogP contribution in [0.2, 0.25) is 0 Å². The van der Waals surface area contributed by atoms with Gasteiger partial charge in [-0.25, -0.2) is 0 Å². The van der Waals surface area contributed by atoms with E-state index in [1.807, 2.05) is 0 Å². The number of rotatable bonds is 3. The lowest BCUT2D eigenvalue weighted by atomic mass is 9.99. The highest BCUT2D eigenvalue weighted by molar-refractivity contribution is 7.99. The molecule has 0 aromatic heterocycles. The Labute approximate surface area is 92.4 Å². The molecule has 0 amide bonds. The number of carbonyl (C=O) groups excluding carboxylic acids is 2. The molecule has 0 bridgehead atoms. The summed E-state index contributed by atoms with van der Waals surface area (Å²) in [6.07, 6.45) is 3.02. The van der Waals surface area contributed by atoms with E-state index in [2.05, 4.69) is 6.58 Å². The molecule has 1 aliphatic heterocycles. The zero-order chi connectivity index (χ0) is 10.8. The van der Waals surface area contributed by atoms with Crippen molar-refractivity contribution in [3.05, 3.63) is 41.5 Å². The number of allylic oxidation sites excluding steroid dienone is 1. The van der Waals surface area contributed by atoms with Gasteiger partial charge in [-0.1, -0.05) is 6.58 Å². The summed E-state index contributed by atoms with van der Waals surface area (Å²) >= 11 is 1.64. The minimum absolute atomic E-state index is 0.0637. The standard InChI is InChI=1S/C12H10O2S/c1-2-11(14)9-4-3-8(7-13)12-10(9)5-6-15-12/h2-4,7H,1,5-6H2. The lowest BCUT2D eigenvalue weighted by Gasteiger charge is -2.06.